The van der Waals surface area contributed by atoms with Crippen molar-refractivity contribution >= 4 is 33.6 Å². The first-order valence-electron chi connectivity index (χ1n) is 9.09. The molecule has 4 heterocycles. The maximum absolute atomic E-state index is 12.7. The highest BCUT2D eigenvalue weighted by atomic mass is 35.5. The molecule has 0 aliphatic carbocycles. The van der Waals surface area contributed by atoms with Crippen molar-refractivity contribution in [3.8, 4) is 11.5 Å². The van der Waals surface area contributed by atoms with Crippen LogP contribution in [0.4, 0.5) is 0 Å². The number of rotatable bonds is 2. The van der Waals surface area contributed by atoms with Gasteiger partial charge in [0.05, 0.1) is 11.1 Å². The van der Waals surface area contributed by atoms with Crippen molar-refractivity contribution in [2.75, 3.05) is 13.1 Å². The van der Waals surface area contributed by atoms with Crippen LogP contribution in [0.15, 0.2) is 51.9 Å². The Morgan fingerprint density at radius 3 is 2.93 bits per heavy atom. The van der Waals surface area contributed by atoms with Crippen molar-refractivity contribution in [1.82, 2.24) is 19.7 Å². The average Bonchev–Trinajstić information content (AvgIpc) is 3.13. The zero-order valence-corrected chi connectivity index (χ0v) is 16.0. The minimum atomic E-state index is -0.367. The molecule has 28 heavy (non-hydrogen) atoms. The van der Waals surface area contributed by atoms with Gasteiger partial charge in [0, 0.05) is 18.9 Å². The molecule has 1 aliphatic rings. The van der Waals surface area contributed by atoms with Crippen molar-refractivity contribution in [2.24, 2.45) is 0 Å². The Bertz CT molecular complexity index is 1320. The van der Waals surface area contributed by atoms with Gasteiger partial charge in [-0.1, -0.05) is 29.8 Å². The molecule has 0 amide bonds. The molecule has 0 spiro atoms. The molecule has 0 atom stereocenters. The molecule has 0 unspecified atom stereocenters. The summed E-state index contributed by atoms with van der Waals surface area (Å²) in [6.45, 7) is 3.64. The highest BCUT2D eigenvalue weighted by Crippen LogP contribution is 2.26. The molecule has 1 N–H and O–H groups in total. The van der Waals surface area contributed by atoms with Gasteiger partial charge in [0.2, 0.25) is 0 Å². The fourth-order valence-corrected chi connectivity index (χ4v) is 3.86. The fourth-order valence-electron chi connectivity index (χ4n) is 3.63. The van der Waals surface area contributed by atoms with E-state index in [1.54, 1.807) is 16.8 Å². The quantitative estimate of drug-likeness (QED) is 0.561. The van der Waals surface area contributed by atoms with Crippen LogP contribution in [0.5, 0.6) is 0 Å². The summed E-state index contributed by atoms with van der Waals surface area (Å²) in [6, 6.07) is 7.79. The third kappa shape index (κ3) is 2.91. The lowest BCUT2D eigenvalue weighted by Crippen LogP contribution is -2.20. The number of nitrogens with zero attached hydrogens (tertiary/aromatic N) is 3. The maximum atomic E-state index is 12.7. The highest BCUT2D eigenvalue weighted by molar-refractivity contribution is 6.29. The van der Waals surface area contributed by atoms with Gasteiger partial charge in [0.25, 0.3) is 0 Å². The highest BCUT2D eigenvalue weighted by Gasteiger charge is 2.14. The van der Waals surface area contributed by atoms with Gasteiger partial charge in [-0.05, 0) is 48.5 Å². The molecule has 5 rings (SSSR count). The second-order valence-electron chi connectivity index (χ2n) is 6.89. The average molecular weight is 393 g/mol. The largest absolute Gasteiger partial charge is 0.421 e. The lowest BCUT2D eigenvalue weighted by atomic mass is 9.98. The minimum Gasteiger partial charge on any atom is -0.421 e. The Kier molecular flexibility index (Phi) is 4.03. The smallest absolute Gasteiger partial charge is 0.344 e. The fraction of sp³-hybridized carbons (Fsp3) is 0.190. The van der Waals surface area contributed by atoms with Gasteiger partial charge in [0.15, 0.2) is 11.4 Å². The van der Waals surface area contributed by atoms with Gasteiger partial charge in [-0.15, -0.1) is 0 Å². The Morgan fingerprint density at radius 1 is 1.21 bits per heavy atom. The van der Waals surface area contributed by atoms with E-state index >= 15 is 0 Å². The van der Waals surface area contributed by atoms with Crippen LogP contribution in [0.1, 0.15) is 17.7 Å². The van der Waals surface area contributed by atoms with Crippen molar-refractivity contribution in [3.05, 3.63) is 69.6 Å². The predicted octanol–water partition coefficient (Wildman–Crippen LogP) is 3.84. The summed E-state index contributed by atoms with van der Waals surface area (Å²) >= 11 is 6.02. The van der Waals surface area contributed by atoms with Gasteiger partial charge >= 0.3 is 5.63 Å². The van der Waals surface area contributed by atoms with Crippen LogP contribution < -0.4 is 10.9 Å². The summed E-state index contributed by atoms with van der Waals surface area (Å²) in [5.41, 5.74) is 3.91. The molecule has 0 radical (unpaired) electrons. The van der Waals surface area contributed by atoms with Gasteiger partial charge < -0.3 is 14.1 Å². The molecule has 0 saturated carbocycles. The zero-order chi connectivity index (χ0) is 19.3. The van der Waals surface area contributed by atoms with Gasteiger partial charge in [-0.3, -0.25) is 0 Å². The van der Waals surface area contributed by atoms with E-state index in [-0.39, 0.29) is 5.63 Å². The van der Waals surface area contributed by atoms with E-state index in [0.717, 1.165) is 30.5 Å². The number of benzene rings is 1. The van der Waals surface area contributed by atoms with Crippen LogP contribution in [0.25, 0.3) is 33.4 Å². The van der Waals surface area contributed by atoms with Gasteiger partial charge in [-0.25, -0.2) is 14.8 Å². The standard InChI is InChI=1S/C21H17ClN4O2/c1-12-20-25-17(10-26(20)11-19(22)24-12)18-9-15-3-2-14(8-16(15)21(27)28-18)13-4-6-23-7-5-13/h2-4,8-11,23H,5-7H2,1H3. The second-order valence-corrected chi connectivity index (χ2v) is 7.28. The van der Waals surface area contributed by atoms with E-state index in [2.05, 4.69) is 27.4 Å². The van der Waals surface area contributed by atoms with Crippen molar-refractivity contribution in [2.45, 2.75) is 13.3 Å². The molecule has 0 fully saturated rings. The molecule has 0 bridgehead atoms. The first-order chi connectivity index (χ1) is 13.6. The number of halogens is 1. The number of aromatic nitrogens is 3. The second kappa shape index (κ2) is 6.58. The summed E-state index contributed by atoms with van der Waals surface area (Å²) in [4.78, 5) is 21.4. The third-order valence-electron chi connectivity index (χ3n) is 5.03. The van der Waals surface area contributed by atoms with Crippen molar-refractivity contribution < 1.29 is 4.42 Å². The van der Waals surface area contributed by atoms with Gasteiger partial charge in [-0.2, -0.15) is 0 Å². The Hall–Kier alpha value is -2.96. The summed E-state index contributed by atoms with van der Waals surface area (Å²) in [7, 11) is 0. The molecule has 0 saturated heterocycles. The van der Waals surface area contributed by atoms with E-state index in [1.165, 1.54) is 5.57 Å². The maximum Gasteiger partial charge on any atom is 0.344 e. The predicted molar refractivity (Wildman–Crippen MR) is 110 cm³/mol. The summed E-state index contributed by atoms with van der Waals surface area (Å²) < 4.78 is 7.39. The number of imidazole rings is 1. The van der Waals surface area contributed by atoms with Crippen LogP contribution in [-0.4, -0.2) is 27.5 Å². The lowest BCUT2D eigenvalue weighted by molar-refractivity contribution is 0.533. The first-order valence-corrected chi connectivity index (χ1v) is 9.46. The number of fused-ring (bicyclic) bond motifs is 2. The zero-order valence-electron chi connectivity index (χ0n) is 15.2. The molecule has 3 aromatic heterocycles. The molecular formula is C21H17ClN4O2. The third-order valence-corrected chi connectivity index (χ3v) is 5.21. The van der Waals surface area contributed by atoms with Crippen LogP contribution in [0.3, 0.4) is 0 Å². The van der Waals surface area contributed by atoms with Crippen LogP contribution in [-0.2, 0) is 0 Å². The van der Waals surface area contributed by atoms with E-state index in [9.17, 15) is 4.79 Å². The first kappa shape index (κ1) is 17.2. The Morgan fingerprint density at radius 2 is 2.11 bits per heavy atom. The van der Waals surface area contributed by atoms with Crippen molar-refractivity contribution in [1.29, 1.82) is 0 Å². The monoisotopic (exact) mass is 392 g/mol. The molecule has 4 aromatic rings. The van der Waals surface area contributed by atoms with Crippen LogP contribution in [0.2, 0.25) is 5.15 Å². The number of nitrogens with one attached hydrogen (secondary N) is 1. The van der Waals surface area contributed by atoms with Crippen molar-refractivity contribution in [3.63, 3.8) is 0 Å². The summed E-state index contributed by atoms with van der Waals surface area (Å²) in [6.07, 6.45) is 6.58. The molecule has 7 heteroatoms. The molecule has 1 aromatic carbocycles. The number of hydrogen-bond donors (Lipinski definition) is 1. The normalized spacial score (nSPS) is 14.6. The van der Waals surface area contributed by atoms with Crippen LogP contribution in [0, 0.1) is 6.92 Å². The van der Waals surface area contributed by atoms with Gasteiger partial charge in [0.1, 0.15) is 10.8 Å². The van der Waals surface area contributed by atoms with E-state index < -0.39 is 0 Å². The van der Waals surface area contributed by atoms with E-state index in [4.69, 9.17) is 16.0 Å². The number of aryl methyl sites for hydroxylation is 1. The SMILES string of the molecule is Cc1nc(Cl)cn2cc(-c3cc4ccc(C5=CCNCC5)cc4c(=O)o3)nc12. The summed E-state index contributed by atoms with van der Waals surface area (Å²) in [5, 5.41) is 5.08. The Labute approximate surface area is 165 Å². The number of hydrogen-bond acceptors (Lipinski definition) is 5. The summed E-state index contributed by atoms with van der Waals surface area (Å²) in [5.74, 6) is 0.422. The molecule has 6 nitrogen and oxygen atoms in total. The molecular weight excluding hydrogens is 376 g/mol. The molecule has 140 valence electrons. The van der Waals surface area contributed by atoms with Crippen LogP contribution >= 0.6 is 11.6 Å². The lowest BCUT2D eigenvalue weighted by Gasteiger charge is -2.14. The minimum absolute atomic E-state index is 0.367. The van der Waals surface area contributed by atoms with E-state index in [0.29, 0.717) is 33.3 Å². The topological polar surface area (TPSA) is 72.4 Å². The van der Waals surface area contributed by atoms with E-state index in [1.807, 2.05) is 25.1 Å². The molecule has 1 aliphatic heterocycles. The Balaban J connectivity index is 1.63.